The molecule has 0 unspecified atom stereocenters. The molecule has 2 aliphatic heterocycles. The predicted octanol–water partition coefficient (Wildman–Crippen LogP) is -0.174. The first kappa shape index (κ1) is 11.9. The monoisotopic (exact) mass is 248 g/mol. The molecule has 3 aliphatic rings. The third-order valence-electron chi connectivity index (χ3n) is 4.68. The standard InChI is InChI=1S/C13H20N4O/c14-7-10-5-9-6-11(9)17(10)13(18)12(15)8-1-3-16-4-2-8/h8-12,16H,1-6,15H2/t9-,10+,11+,12+/m1/s1. The van der Waals surface area contributed by atoms with Crippen molar-refractivity contribution in [3.05, 3.63) is 0 Å². The van der Waals surface area contributed by atoms with Crippen molar-refractivity contribution in [1.82, 2.24) is 10.2 Å². The van der Waals surface area contributed by atoms with Crippen molar-refractivity contribution >= 4 is 5.91 Å². The number of fused-ring (bicyclic) bond motifs is 1. The Morgan fingerprint density at radius 2 is 2.11 bits per heavy atom. The second kappa shape index (κ2) is 4.52. The van der Waals surface area contributed by atoms with Crippen LogP contribution in [0.2, 0.25) is 0 Å². The summed E-state index contributed by atoms with van der Waals surface area (Å²) in [6, 6.07) is 1.92. The van der Waals surface area contributed by atoms with Crippen molar-refractivity contribution in [1.29, 1.82) is 5.26 Å². The molecule has 0 bridgehead atoms. The van der Waals surface area contributed by atoms with E-state index in [1.807, 2.05) is 0 Å². The van der Waals surface area contributed by atoms with E-state index in [2.05, 4.69) is 11.4 Å². The topological polar surface area (TPSA) is 82.2 Å². The maximum Gasteiger partial charge on any atom is 0.241 e. The number of carbonyl (C=O) groups is 1. The Morgan fingerprint density at radius 1 is 1.39 bits per heavy atom. The first-order chi connectivity index (χ1) is 8.72. The van der Waals surface area contributed by atoms with E-state index in [9.17, 15) is 4.79 Å². The molecule has 3 N–H and O–H groups in total. The van der Waals surface area contributed by atoms with Crippen molar-refractivity contribution in [2.45, 2.75) is 43.8 Å². The van der Waals surface area contributed by atoms with E-state index >= 15 is 0 Å². The molecule has 2 heterocycles. The van der Waals surface area contributed by atoms with Crippen LogP contribution in [0.4, 0.5) is 0 Å². The number of nitrogens with zero attached hydrogens (tertiary/aromatic N) is 2. The zero-order chi connectivity index (χ0) is 12.7. The van der Waals surface area contributed by atoms with E-state index in [0.717, 1.165) is 38.8 Å². The number of likely N-dealkylation sites (tertiary alicyclic amines) is 1. The Bertz CT molecular complexity index is 385. The van der Waals surface area contributed by atoms with Gasteiger partial charge in [-0.05, 0) is 50.6 Å². The van der Waals surface area contributed by atoms with Crippen molar-refractivity contribution in [2.75, 3.05) is 13.1 Å². The zero-order valence-corrected chi connectivity index (χ0v) is 10.5. The fourth-order valence-corrected chi connectivity index (χ4v) is 3.47. The summed E-state index contributed by atoms with van der Waals surface area (Å²) in [5, 5.41) is 12.4. The Morgan fingerprint density at radius 3 is 2.78 bits per heavy atom. The van der Waals surface area contributed by atoms with Gasteiger partial charge in [0, 0.05) is 6.04 Å². The molecule has 0 radical (unpaired) electrons. The summed E-state index contributed by atoms with van der Waals surface area (Å²) in [5.74, 6) is 0.855. The zero-order valence-electron chi connectivity index (χ0n) is 10.5. The van der Waals surface area contributed by atoms with Gasteiger partial charge in [-0.15, -0.1) is 0 Å². The first-order valence-corrected chi connectivity index (χ1v) is 6.90. The summed E-state index contributed by atoms with van der Waals surface area (Å²) in [6.07, 6.45) is 3.85. The first-order valence-electron chi connectivity index (χ1n) is 6.90. The lowest BCUT2D eigenvalue weighted by molar-refractivity contribution is -0.135. The van der Waals surface area contributed by atoms with Gasteiger partial charge in [-0.25, -0.2) is 0 Å². The molecule has 18 heavy (non-hydrogen) atoms. The van der Waals surface area contributed by atoms with Crippen molar-refractivity contribution in [2.24, 2.45) is 17.6 Å². The number of carbonyl (C=O) groups excluding carboxylic acids is 1. The van der Waals surface area contributed by atoms with Crippen LogP contribution in [-0.4, -0.2) is 42.0 Å². The summed E-state index contributed by atoms with van der Waals surface area (Å²) in [4.78, 5) is 14.3. The van der Waals surface area contributed by atoms with Gasteiger partial charge in [0.05, 0.1) is 12.1 Å². The average Bonchev–Trinajstić information content (AvgIpc) is 3.09. The molecule has 0 aromatic heterocycles. The fourth-order valence-electron chi connectivity index (χ4n) is 3.47. The van der Waals surface area contributed by atoms with Crippen LogP contribution in [0.5, 0.6) is 0 Å². The van der Waals surface area contributed by atoms with Gasteiger partial charge < -0.3 is 16.0 Å². The number of piperidine rings is 2. The summed E-state index contributed by atoms with van der Waals surface area (Å²) < 4.78 is 0. The van der Waals surface area contributed by atoms with Crippen LogP contribution in [0, 0.1) is 23.2 Å². The fraction of sp³-hybridized carbons (Fsp3) is 0.846. The quantitative estimate of drug-likeness (QED) is 0.710. The van der Waals surface area contributed by atoms with Crippen molar-refractivity contribution in [3.8, 4) is 6.07 Å². The van der Waals surface area contributed by atoms with Gasteiger partial charge in [0.25, 0.3) is 0 Å². The van der Waals surface area contributed by atoms with E-state index in [4.69, 9.17) is 11.0 Å². The normalized spacial score (nSPS) is 36.9. The van der Waals surface area contributed by atoms with Crippen LogP contribution in [0.15, 0.2) is 0 Å². The minimum Gasteiger partial charge on any atom is -0.322 e. The number of amides is 1. The largest absolute Gasteiger partial charge is 0.322 e. The second-order valence-corrected chi connectivity index (χ2v) is 5.80. The molecular formula is C13H20N4O. The highest BCUT2D eigenvalue weighted by atomic mass is 16.2. The van der Waals surface area contributed by atoms with E-state index < -0.39 is 6.04 Å². The number of nitrogens with two attached hydrogens (primary N) is 1. The van der Waals surface area contributed by atoms with Crippen LogP contribution < -0.4 is 11.1 Å². The summed E-state index contributed by atoms with van der Waals surface area (Å²) in [5.41, 5.74) is 6.14. The lowest BCUT2D eigenvalue weighted by atomic mass is 9.89. The highest BCUT2D eigenvalue weighted by Gasteiger charge is 2.55. The van der Waals surface area contributed by atoms with Crippen molar-refractivity contribution in [3.63, 3.8) is 0 Å². The molecule has 0 spiro atoms. The minimum absolute atomic E-state index is 0.0125. The molecule has 5 nitrogen and oxygen atoms in total. The van der Waals surface area contributed by atoms with Crippen LogP contribution in [0.1, 0.15) is 25.7 Å². The molecule has 1 amide bonds. The molecule has 4 atom stereocenters. The SMILES string of the molecule is N#C[C@@H]1C[C@@H]2C[C@@H]2N1C(=O)[C@@H](N)C1CCNCC1. The number of nitriles is 1. The third-order valence-corrected chi connectivity index (χ3v) is 4.68. The van der Waals surface area contributed by atoms with E-state index in [0.29, 0.717) is 12.0 Å². The smallest absolute Gasteiger partial charge is 0.241 e. The van der Waals surface area contributed by atoms with Gasteiger partial charge in [0.1, 0.15) is 6.04 Å². The Labute approximate surface area is 107 Å². The second-order valence-electron chi connectivity index (χ2n) is 5.80. The number of hydrogen-bond donors (Lipinski definition) is 2. The Balaban J connectivity index is 1.68. The highest BCUT2D eigenvalue weighted by molar-refractivity contribution is 5.83. The number of rotatable bonds is 2. The van der Waals surface area contributed by atoms with Gasteiger partial charge in [-0.3, -0.25) is 4.79 Å². The van der Waals surface area contributed by atoms with Crippen LogP contribution >= 0.6 is 0 Å². The van der Waals surface area contributed by atoms with Gasteiger partial charge in [-0.1, -0.05) is 0 Å². The molecule has 2 saturated heterocycles. The molecule has 0 aromatic carbocycles. The Kier molecular flexibility index (Phi) is 3.00. The van der Waals surface area contributed by atoms with Crippen LogP contribution in [0.25, 0.3) is 0 Å². The molecular weight excluding hydrogens is 228 g/mol. The van der Waals surface area contributed by atoms with Gasteiger partial charge >= 0.3 is 0 Å². The molecule has 3 fully saturated rings. The average molecular weight is 248 g/mol. The van der Waals surface area contributed by atoms with E-state index in [1.165, 1.54) is 0 Å². The summed E-state index contributed by atoms with van der Waals surface area (Å²) in [6.45, 7) is 1.89. The Hall–Kier alpha value is -1.12. The van der Waals surface area contributed by atoms with Gasteiger partial charge in [0.15, 0.2) is 0 Å². The maximum atomic E-state index is 12.5. The van der Waals surface area contributed by atoms with E-state index in [-0.39, 0.29) is 17.9 Å². The molecule has 5 heteroatoms. The molecule has 1 aliphatic carbocycles. The third kappa shape index (κ3) is 1.90. The molecule has 3 rings (SSSR count). The molecule has 1 saturated carbocycles. The molecule has 98 valence electrons. The number of hydrogen-bond acceptors (Lipinski definition) is 4. The van der Waals surface area contributed by atoms with Crippen LogP contribution in [-0.2, 0) is 4.79 Å². The predicted molar refractivity (Wildman–Crippen MR) is 66.3 cm³/mol. The lowest BCUT2D eigenvalue weighted by Gasteiger charge is -2.32. The lowest BCUT2D eigenvalue weighted by Crippen LogP contribution is -2.52. The van der Waals surface area contributed by atoms with E-state index in [1.54, 1.807) is 4.90 Å². The summed E-state index contributed by atoms with van der Waals surface area (Å²) >= 11 is 0. The summed E-state index contributed by atoms with van der Waals surface area (Å²) in [7, 11) is 0. The maximum absolute atomic E-state index is 12.5. The van der Waals surface area contributed by atoms with Gasteiger partial charge in [-0.2, -0.15) is 5.26 Å². The van der Waals surface area contributed by atoms with Crippen molar-refractivity contribution < 1.29 is 4.79 Å². The number of nitrogens with one attached hydrogen (secondary N) is 1. The highest BCUT2D eigenvalue weighted by Crippen LogP contribution is 2.48. The van der Waals surface area contributed by atoms with Gasteiger partial charge in [0.2, 0.25) is 5.91 Å². The minimum atomic E-state index is -0.415. The molecule has 0 aromatic rings. The van der Waals surface area contributed by atoms with Crippen LogP contribution in [0.3, 0.4) is 0 Å².